The topological polar surface area (TPSA) is 8.17 Å². The van der Waals surface area contributed by atoms with E-state index in [4.69, 9.17) is 0 Å². The van der Waals surface area contributed by atoms with Gasteiger partial charge in [-0.2, -0.15) is 0 Å². The number of rotatable bonds is 9. The molecule has 12 aromatic rings. The molecule has 0 amide bonds. The molecular formula is C64H44N2. The average Bonchev–Trinajstić information content (AvgIpc) is 3.74. The molecule has 11 aromatic carbocycles. The van der Waals surface area contributed by atoms with Crippen LogP contribution in [0.2, 0.25) is 0 Å². The van der Waals surface area contributed by atoms with Crippen molar-refractivity contribution in [2.75, 3.05) is 4.90 Å². The molecule has 0 unspecified atom stereocenters. The molecule has 66 heavy (non-hydrogen) atoms. The van der Waals surface area contributed by atoms with E-state index in [-0.39, 0.29) is 0 Å². The van der Waals surface area contributed by atoms with Crippen LogP contribution in [0.1, 0.15) is 0 Å². The fourth-order valence-electron chi connectivity index (χ4n) is 9.99. The van der Waals surface area contributed by atoms with Gasteiger partial charge in [0.2, 0.25) is 0 Å². The molecule has 0 saturated carbocycles. The van der Waals surface area contributed by atoms with E-state index in [1.165, 1.54) is 82.6 Å². The van der Waals surface area contributed by atoms with Gasteiger partial charge in [-0.15, -0.1) is 0 Å². The number of anilines is 3. The van der Waals surface area contributed by atoms with E-state index in [1.54, 1.807) is 0 Å². The summed E-state index contributed by atoms with van der Waals surface area (Å²) >= 11 is 0. The van der Waals surface area contributed by atoms with E-state index in [9.17, 15) is 0 Å². The molecule has 0 saturated heterocycles. The predicted molar refractivity (Wildman–Crippen MR) is 280 cm³/mol. The predicted octanol–water partition coefficient (Wildman–Crippen LogP) is 17.7. The fraction of sp³-hybridized carbons (Fsp3) is 0. The van der Waals surface area contributed by atoms with Crippen LogP contribution in [0.15, 0.2) is 267 Å². The van der Waals surface area contributed by atoms with Gasteiger partial charge in [0.1, 0.15) is 0 Å². The first-order chi connectivity index (χ1) is 32.8. The lowest BCUT2D eigenvalue weighted by atomic mass is 9.87. The van der Waals surface area contributed by atoms with Crippen LogP contribution in [0.5, 0.6) is 0 Å². The zero-order valence-electron chi connectivity index (χ0n) is 36.3. The minimum absolute atomic E-state index is 1.07. The normalized spacial score (nSPS) is 11.3. The third-order valence-electron chi connectivity index (χ3n) is 13.0. The average molecular weight is 841 g/mol. The molecule has 12 rings (SSSR count). The number of para-hydroxylation sites is 2. The Morgan fingerprint density at radius 2 is 0.636 bits per heavy atom. The Kier molecular flexibility index (Phi) is 9.89. The largest absolute Gasteiger partial charge is 0.310 e. The van der Waals surface area contributed by atoms with Crippen molar-refractivity contribution in [3.8, 4) is 61.3 Å². The molecule has 1 aromatic heterocycles. The first kappa shape index (κ1) is 38.9. The van der Waals surface area contributed by atoms with Crippen molar-refractivity contribution in [2.24, 2.45) is 0 Å². The van der Waals surface area contributed by atoms with Crippen molar-refractivity contribution in [3.63, 3.8) is 0 Å². The molecule has 0 fully saturated rings. The zero-order valence-corrected chi connectivity index (χ0v) is 36.3. The molecule has 310 valence electrons. The number of nitrogens with zero attached hydrogens (tertiary/aromatic N) is 2. The van der Waals surface area contributed by atoms with Gasteiger partial charge in [0.25, 0.3) is 0 Å². The summed E-state index contributed by atoms with van der Waals surface area (Å²) in [6.07, 6.45) is 0. The monoisotopic (exact) mass is 840 g/mol. The van der Waals surface area contributed by atoms with Crippen LogP contribution in [0.25, 0.3) is 93.9 Å². The highest BCUT2D eigenvalue weighted by atomic mass is 15.1. The van der Waals surface area contributed by atoms with Crippen molar-refractivity contribution >= 4 is 49.6 Å². The van der Waals surface area contributed by atoms with E-state index in [2.05, 4.69) is 276 Å². The smallest absolute Gasteiger partial charge is 0.0541 e. The SMILES string of the molecule is c1ccc(-c2ccccc2-c2ccccc2-c2ccccc2-c2ccc(N(c3ccc(-c4cccc5ccccc45)cc3)c3cccc(-n4c5ccccc5c5ccccc54)c3)cc2)cc1. The third kappa shape index (κ3) is 6.93. The van der Waals surface area contributed by atoms with Gasteiger partial charge in [0.05, 0.1) is 11.0 Å². The van der Waals surface area contributed by atoms with Gasteiger partial charge in [-0.25, -0.2) is 0 Å². The molecule has 0 atom stereocenters. The molecule has 0 N–H and O–H groups in total. The molecule has 2 heteroatoms. The molecule has 0 radical (unpaired) electrons. The first-order valence-electron chi connectivity index (χ1n) is 22.7. The Morgan fingerprint density at radius 3 is 1.21 bits per heavy atom. The van der Waals surface area contributed by atoms with Crippen LogP contribution in [0.4, 0.5) is 17.1 Å². The molecule has 0 aliphatic heterocycles. The van der Waals surface area contributed by atoms with Gasteiger partial charge in [-0.1, -0.05) is 212 Å². The number of fused-ring (bicyclic) bond motifs is 4. The Morgan fingerprint density at radius 1 is 0.242 bits per heavy atom. The Balaban J connectivity index is 0.972. The lowest BCUT2D eigenvalue weighted by molar-refractivity contribution is 1.17. The molecule has 0 aliphatic rings. The highest BCUT2D eigenvalue weighted by molar-refractivity contribution is 6.09. The maximum atomic E-state index is 2.39. The van der Waals surface area contributed by atoms with E-state index in [1.807, 2.05) is 0 Å². The Hall–Kier alpha value is -8.72. The lowest BCUT2D eigenvalue weighted by Crippen LogP contribution is -2.10. The number of aromatic nitrogens is 1. The molecular weight excluding hydrogens is 797 g/mol. The molecule has 0 spiro atoms. The fourth-order valence-corrected chi connectivity index (χ4v) is 9.99. The lowest BCUT2D eigenvalue weighted by Gasteiger charge is -2.27. The van der Waals surface area contributed by atoms with Crippen LogP contribution in [-0.4, -0.2) is 4.57 Å². The van der Waals surface area contributed by atoms with Crippen molar-refractivity contribution in [1.82, 2.24) is 4.57 Å². The molecule has 2 nitrogen and oxygen atoms in total. The summed E-state index contributed by atoms with van der Waals surface area (Å²) in [6.45, 7) is 0. The van der Waals surface area contributed by atoms with Gasteiger partial charge >= 0.3 is 0 Å². The summed E-state index contributed by atoms with van der Waals surface area (Å²) in [5.41, 5.74) is 18.7. The number of hydrogen-bond acceptors (Lipinski definition) is 1. The summed E-state index contributed by atoms with van der Waals surface area (Å²) in [7, 11) is 0. The highest BCUT2D eigenvalue weighted by Crippen LogP contribution is 2.44. The maximum Gasteiger partial charge on any atom is 0.0541 e. The van der Waals surface area contributed by atoms with Gasteiger partial charge in [0, 0.05) is 33.5 Å². The first-order valence-corrected chi connectivity index (χ1v) is 22.7. The highest BCUT2D eigenvalue weighted by Gasteiger charge is 2.19. The third-order valence-corrected chi connectivity index (χ3v) is 13.0. The van der Waals surface area contributed by atoms with E-state index in [0.717, 1.165) is 28.3 Å². The van der Waals surface area contributed by atoms with Crippen LogP contribution >= 0.6 is 0 Å². The number of benzene rings is 11. The van der Waals surface area contributed by atoms with Gasteiger partial charge in [0.15, 0.2) is 0 Å². The zero-order chi connectivity index (χ0) is 43.8. The van der Waals surface area contributed by atoms with Gasteiger partial charge in [-0.05, 0) is 121 Å². The quantitative estimate of drug-likeness (QED) is 0.141. The van der Waals surface area contributed by atoms with Crippen LogP contribution in [0, 0.1) is 0 Å². The van der Waals surface area contributed by atoms with Crippen molar-refractivity contribution in [2.45, 2.75) is 0 Å². The summed E-state index contributed by atoms with van der Waals surface area (Å²) in [6, 6.07) is 96.8. The van der Waals surface area contributed by atoms with Crippen LogP contribution in [0.3, 0.4) is 0 Å². The molecule has 0 aliphatic carbocycles. The minimum Gasteiger partial charge on any atom is -0.310 e. The molecule has 1 heterocycles. The molecule has 0 bridgehead atoms. The summed E-state index contributed by atoms with van der Waals surface area (Å²) in [5, 5.41) is 4.99. The van der Waals surface area contributed by atoms with E-state index >= 15 is 0 Å². The summed E-state index contributed by atoms with van der Waals surface area (Å²) in [5.74, 6) is 0. The second-order valence-corrected chi connectivity index (χ2v) is 16.8. The second-order valence-electron chi connectivity index (χ2n) is 16.8. The second kappa shape index (κ2) is 16.8. The summed E-state index contributed by atoms with van der Waals surface area (Å²) < 4.78 is 2.39. The number of hydrogen-bond donors (Lipinski definition) is 0. The maximum absolute atomic E-state index is 2.39. The van der Waals surface area contributed by atoms with Crippen molar-refractivity contribution in [1.29, 1.82) is 0 Å². The van der Waals surface area contributed by atoms with Crippen LogP contribution < -0.4 is 4.90 Å². The van der Waals surface area contributed by atoms with Gasteiger partial charge < -0.3 is 9.47 Å². The Bertz CT molecular complexity index is 3630. The van der Waals surface area contributed by atoms with Crippen molar-refractivity contribution < 1.29 is 0 Å². The van der Waals surface area contributed by atoms with E-state index in [0.29, 0.717) is 0 Å². The standard InChI is InChI=1S/C64H44N2/c1-2-18-45(19-3-1)55-25-6-8-27-57(55)59-29-10-11-30-60(59)58-28-9-7-26-56(58)48-38-42-50(43-39-48)65(49-40-36-47(37-41-49)54-33-16-21-46-20-4-5-24-53(46)54)51-22-17-23-52(44-51)66-63-34-14-12-31-61(63)62-32-13-15-35-64(62)66/h1-44H. The Labute approximate surface area is 385 Å². The van der Waals surface area contributed by atoms with E-state index < -0.39 is 0 Å². The van der Waals surface area contributed by atoms with Crippen LogP contribution in [-0.2, 0) is 0 Å². The summed E-state index contributed by atoms with van der Waals surface area (Å²) in [4.78, 5) is 2.38. The van der Waals surface area contributed by atoms with Crippen molar-refractivity contribution in [3.05, 3.63) is 267 Å². The van der Waals surface area contributed by atoms with Gasteiger partial charge in [-0.3, -0.25) is 0 Å². The minimum atomic E-state index is 1.07.